The van der Waals surface area contributed by atoms with Crippen LogP contribution in [0.2, 0.25) is 0 Å². The van der Waals surface area contributed by atoms with E-state index in [0.717, 1.165) is 10.5 Å². The number of hydrogen-bond donors (Lipinski definition) is 2. The highest BCUT2D eigenvalue weighted by Crippen LogP contribution is 2.27. The molecule has 3 aromatic carbocycles. The molecule has 1 aliphatic rings. The van der Waals surface area contributed by atoms with Gasteiger partial charge in [-0.25, -0.2) is 0 Å². The van der Waals surface area contributed by atoms with Crippen LogP contribution < -0.4 is 10.6 Å². The van der Waals surface area contributed by atoms with Crippen molar-refractivity contribution in [1.82, 2.24) is 10.2 Å². The summed E-state index contributed by atoms with van der Waals surface area (Å²) in [5.41, 5.74) is 2.83. The molecule has 0 aromatic heterocycles. The Hall–Kier alpha value is -4.26. The van der Waals surface area contributed by atoms with Crippen molar-refractivity contribution < 1.29 is 19.2 Å². The number of amides is 4. The van der Waals surface area contributed by atoms with Crippen molar-refractivity contribution in [3.8, 4) is 0 Å². The Labute approximate surface area is 191 Å². The number of anilines is 1. The van der Waals surface area contributed by atoms with Crippen molar-refractivity contribution in [3.63, 3.8) is 0 Å². The molecule has 0 saturated heterocycles. The molecule has 2 N–H and O–H groups in total. The summed E-state index contributed by atoms with van der Waals surface area (Å²) >= 11 is 0. The minimum atomic E-state index is -1.07. The summed E-state index contributed by atoms with van der Waals surface area (Å²) in [6.07, 6.45) is 0.159. The Kier molecular flexibility index (Phi) is 6.04. The molecule has 1 heterocycles. The number of benzene rings is 3. The zero-order chi connectivity index (χ0) is 23.5. The quantitative estimate of drug-likeness (QED) is 0.575. The summed E-state index contributed by atoms with van der Waals surface area (Å²) in [6.45, 7) is 1.73. The smallest absolute Gasteiger partial charge is 0.262 e. The lowest BCUT2D eigenvalue weighted by atomic mass is 10.0. The molecular formula is C26H23N3O4. The minimum absolute atomic E-state index is 0.159. The van der Waals surface area contributed by atoms with E-state index in [1.54, 1.807) is 49.4 Å². The fourth-order valence-corrected chi connectivity index (χ4v) is 4.00. The molecule has 1 aliphatic heterocycles. The summed E-state index contributed by atoms with van der Waals surface area (Å²) in [5, 5.41) is 5.40. The van der Waals surface area contributed by atoms with Crippen LogP contribution in [-0.4, -0.2) is 41.6 Å². The maximum atomic E-state index is 13.5. The first kappa shape index (κ1) is 22.0. The number of hydrogen-bond acceptors (Lipinski definition) is 4. The first-order valence-corrected chi connectivity index (χ1v) is 10.6. The van der Waals surface area contributed by atoms with E-state index in [0.29, 0.717) is 16.8 Å². The molecule has 0 aliphatic carbocycles. The number of nitrogens with zero attached hydrogens (tertiary/aromatic N) is 1. The highest BCUT2D eigenvalue weighted by atomic mass is 16.2. The van der Waals surface area contributed by atoms with Gasteiger partial charge in [0.1, 0.15) is 6.04 Å². The number of carbonyl (C=O) groups is 4. The number of fused-ring (bicyclic) bond motifs is 1. The van der Waals surface area contributed by atoms with Gasteiger partial charge in [-0.15, -0.1) is 0 Å². The molecule has 166 valence electrons. The average Bonchev–Trinajstić information content (AvgIpc) is 3.09. The van der Waals surface area contributed by atoms with Gasteiger partial charge in [-0.05, 0) is 42.3 Å². The lowest BCUT2D eigenvalue weighted by molar-refractivity contribution is -0.119. The molecule has 1 unspecified atom stereocenters. The fourth-order valence-electron chi connectivity index (χ4n) is 4.00. The van der Waals surface area contributed by atoms with E-state index < -0.39 is 23.8 Å². The van der Waals surface area contributed by atoms with E-state index in [9.17, 15) is 19.2 Å². The van der Waals surface area contributed by atoms with Crippen LogP contribution in [0.15, 0.2) is 72.8 Å². The third kappa shape index (κ3) is 4.13. The van der Waals surface area contributed by atoms with Gasteiger partial charge in [0.25, 0.3) is 17.7 Å². The van der Waals surface area contributed by atoms with Crippen LogP contribution in [0.25, 0.3) is 0 Å². The molecule has 4 rings (SSSR count). The number of nitrogens with one attached hydrogen (secondary N) is 2. The Morgan fingerprint density at radius 2 is 1.45 bits per heavy atom. The number of imide groups is 1. The maximum Gasteiger partial charge on any atom is 0.262 e. The van der Waals surface area contributed by atoms with E-state index in [-0.39, 0.29) is 23.5 Å². The van der Waals surface area contributed by atoms with Crippen molar-refractivity contribution in [2.75, 3.05) is 12.4 Å². The van der Waals surface area contributed by atoms with Crippen LogP contribution >= 0.6 is 0 Å². The fraction of sp³-hybridized carbons (Fsp3) is 0.154. The third-order valence-electron chi connectivity index (χ3n) is 5.78. The number of carbonyl (C=O) groups excluding carboxylic acids is 4. The van der Waals surface area contributed by atoms with Gasteiger partial charge in [0, 0.05) is 24.7 Å². The van der Waals surface area contributed by atoms with Crippen molar-refractivity contribution >= 4 is 29.3 Å². The summed E-state index contributed by atoms with van der Waals surface area (Å²) in [4.78, 5) is 52.9. The van der Waals surface area contributed by atoms with Crippen LogP contribution in [0.1, 0.15) is 42.2 Å². The van der Waals surface area contributed by atoms with Crippen LogP contribution in [0.5, 0.6) is 0 Å². The Bertz CT molecular complexity index is 1220. The second-order valence-electron chi connectivity index (χ2n) is 7.78. The second-order valence-corrected chi connectivity index (χ2v) is 7.78. The van der Waals surface area contributed by atoms with Gasteiger partial charge in [0.2, 0.25) is 5.91 Å². The van der Waals surface area contributed by atoms with E-state index in [1.807, 2.05) is 30.3 Å². The van der Waals surface area contributed by atoms with E-state index in [2.05, 4.69) is 10.6 Å². The Morgan fingerprint density at radius 1 is 0.848 bits per heavy atom. The van der Waals surface area contributed by atoms with Gasteiger partial charge >= 0.3 is 0 Å². The summed E-state index contributed by atoms with van der Waals surface area (Å²) in [7, 11) is 1.53. The van der Waals surface area contributed by atoms with Crippen LogP contribution in [0, 0.1) is 6.92 Å². The van der Waals surface area contributed by atoms with E-state index >= 15 is 0 Å². The molecule has 0 spiro atoms. The molecule has 0 radical (unpaired) electrons. The maximum absolute atomic E-state index is 13.5. The van der Waals surface area contributed by atoms with Crippen LogP contribution in [0.3, 0.4) is 0 Å². The van der Waals surface area contributed by atoms with Crippen molar-refractivity contribution in [1.29, 1.82) is 0 Å². The Morgan fingerprint density at radius 3 is 2.06 bits per heavy atom. The topological polar surface area (TPSA) is 95.6 Å². The molecule has 7 heteroatoms. The lowest BCUT2D eigenvalue weighted by Gasteiger charge is -2.26. The first-order chi connectivity index (χ1) is 15.9. The summed E-state index contributed by atoms with van der Waals surface area (Å²) in [5.74, 6) is -1.78. The molecule has 0 bridgehead atoms. The normalized spacial score (nSPS) is 13.5. The largest absolute Gasteiger partial charge is 0.355 e. The van der Waals surface area contributed by atoms with Gasteiger partial charge < -0.3 is 10.6 Å². The van der Waals surface area contributed by atoms with E-state index in [4.69, 9.17) is 0 Å². The number of rotatable bonds is 6. The second kappa shape index (κ2) is 9.08. The minimum Gasteiger partial charge on any atom is -0.355 e. The molecule has 0 fully saturated rings. The zero-order valence-corrected chi connectivity index (χ0v) is 18.3. The highest BCUT2D eigenvalue weighted by Gasteiger charge is 2.42. The van der Waals surface area contributed by atoms with Crippen molar-refractivity contribution in [2.45, 2.75) is 19.4 Å². The summed E-state index contributed by atoms with van der Waals surface area (Å²) in [6, 6.07) is 19.7. The molecule has 3 aromatic rings. The summed E-state index contributed by atoms with van der Waals surface area (Å²) < 4.78 is 0. The Balaban J connectivity index is 1.69. The molecular weight excluding hydrogens is 418 g/mol. The monoisotopic (exact) mass is 441 g/mol. The van der Waals surface area contributed by atoms with Gasteiger partial charge in [-0.1, -0.05) is 48.5 Å². The van der Waals surface area contributed by atoms with Crippen molar-refractivity contribution in [2.24, 2.45) is 0 Å². The predicted molar refractivity (Wildman–Crippen MR) is 124 cm³/mol. The molecule has 33 heavy (non-hydrogen) atoms. The van der Waals surface area contributed by atoms with Crippen molar-refractivity contribution in [3.05, 3.63) is 101 Å². The third-order valence-corrected chi connectivity index (χ3v) is 5.78. The van der Waals surface area contributed by atoms with Gasteiger partial charge in [0.05, 0.1) is 11.1 Å². The molecule has 1 atom stereocenters. The first-order valence-electron chi connectivity index (χ1n) is 10.6. The van der Waals surface area contributed by atoms with Gasteiger partial charge in [-0.3, -0.25) is 24.1 Å². The van der Waals surface area contributed by atoms with E-state index in [1.165, 1.54) is 7.05 Å². The lowest BCUT2D eigenvalue weighted by Crippen LogP contribution is -2.48. The van der Waals surface area contributed by atoms with Crippen LogP contribution in [0.4, 0.5) is 5.69 Å². The zero-order valence-electron chi connectivity index (χ0n) is 18.3. The van der Waals surface area contributed by atoms with Gasteiger partial charge in [-0.2, -0.15) is 0 Å². The molecule has 4 amide bonds. The molecule has 7 nitrogen and oxygen atoms in total. The van der Waals surface area contributed by atoms with Gasteiger partial charge in [0.15, 0.2) is 0 Å². The average molecular weight is 441 g/mol. The highest BCUT2D eigenvalue weighted by molar-refractivity contribution is 6.23. The molecule has 0 saturated carbocycles. The SMILES string of the molecule is CNC(=O)c1cccc(NC(=O)C(Cc2ccccc2)N2C(=O)c3ccccc3C2=O)c1C. The standard InChI is InChI=1S/C26H23N3O4/c1-16-18(23(30)27-2)13-8-14-21(16)28-24(31)22(15-17-9-4-3-5-10-17)29-25(32)19-11-6-7-12-20(19)26(29)33/h3-14,22H,15H2,1-2H3,(H,27,30)(H,28,31). The predicted octanol–water partition coefficient (Wildman–Crippen LogP) is 3.20. The van der Waals surface area contributed by atoms with Crippen LogP contribution in [-0.2, 0) is 11.2 Å².